The molecule has 26 heavy (non-hydrogen) atoms. The molecule has 0 atom stereocenters. The average molecular weight is 355 g/mol. The summed E-state index contributed by atoms with van der Waals surface area (Å²) in [5, 5.41) is 0. The van der Waals surface area contributed by atoms with Crippen LogP contribution in [0.3, 0.4) is 0 Å². The van der Waals surface area contributed by atoms with E-state index in [1.165, 1.54) is 12.1 Å². The molecule has 0 radical (unpaired) electrons. The Morgan fingerprint density at radius 3 is 2.42 bits per heavy atom. The summed E-state index contributed by atoms with van der Waals surface area (Å²) in [6.45, 7) is -0.518. The molecule has 1 aliphatic heterocycles. The number of amides is 4. The molecule has 2 aromatic rings. The minimum Gasteiger partial charge on any atom is -0.274 e. The Hall–Kier alpha value is -3.55. The standard InChI is InChI=1S/C18H14FN3O4/c19-13-7-5-11(6-8-13)17(25)21-20-15(23)10-22-16(24)9-12-3-1-2-4-14(12)18(22)26/h1-8H,9-10H2,(H,20,23)(H,21,25). The second kappa shape index (κ2) is 7.14. The number of nitrogens with one attached hydrogen (secondary N) is 2. The van der Waals surface area contributed by atoms with Gasteiger partial charge in [-0.15, -0.1) is 0 Å². The van der Waals surface area contributed by atoms with Gasteiger partial charge in [0.1, 0.15) is 12.4 Å². The first-order chi connectivity index (χ1) is 12.5. The Kier molecular flexibility index (Phi) is 4.74. The van der Waals surface area contributed by atoms with Crippen molar-refractivity contribution in [3.63, 3.8) is 0 Å². The topological polar surface area (TPSA) is 95.6 Å². The number of imide groups is 1. The van der Waals surface area contributed by atoms with Crippen LogP contribution < -0.4 is 10.9 Å². The largest absolute Gasteiger partial charge is 0.274 e. The molecule has 132 valence electrons. The van der Waals surface area contributed by atoms with Crippen LogP contribution in [0, 0.1) is 5.82 Å². The van der Waals surface area contributed by atoms with Crippen molar-refractivity contribution in [1.29, 1.82) is 0 Å². The molecule has 0 aromatic heterocycles. The predicted molar refractivity (Wildman–Crippen MR) is 88.2 cm³/mol. The van der Waals surface area contributed by atoms with Gasteiger partial charge < -0.3 is 0 Å². The number of rotatable bonds is 3. The van der Waals surface area contributed by atoms with Crippen LogP contribution in [0.15, 0.2) is 48.5 Å². The SMILES string of the molecule is O=C(CN1C(=O)Cc2ccccc2C1=O)NNC(=O)c1ccc(F)cc1. The first-order valence-corrected chi connectivity index (χ1v) is 7.73. The van der Waals surface area contributed by atoms with Gasteiger partial charge >= 0.3 is 0 Å². The maximum Gasteiger partial charge on any atom is 0.269 e. The first-order valence-electron chi connectivity index (χ1n) is 7.73. The Bertz CT molecular complexity index is 896. The van der Waals surface area contributed by atoms with E-state index in [9.17, 15) is 23.6 Å². The Labute approximate surface area is 147 Å². The fraction of sp³-hybridized carbons (Fsp3) is 0.111. The zero-order valence-corrected chi connectivity index (χ0v) is 13.5. The molecule has 1 heterocycles. The number of hydrazine groups is 1. The van der Waals surface area contributed by atoms with E-state index < -0.39 is 36.0 Å². The van der Waals surface area contributed by atoms with Gasteiger partial charge in [-0.05, 0) is 35.9 Å². The zero-order chi connectivity index (χ0) is 18.7. The molecule has 0 fully saturated rings. The molecule has 0 bridgehead atoms. The Morgan fingerprint density at radius 1 is 1.00 bits per heavy atom. The van der Waals surface area contributed by atoms with Crippen molar-refractivity contribution < 1.29 is 23.6 Å². The lowest BCUT2D eigenvalue weighted by molar-refractivity contribution is -0.133. The lowest BCUT2D eigenvalue weighted by atomic mass is 9.98. The van der Waals surface area contributed by atoms with E-state index in [0.29, 0.717) is 11.1 Å². The van der Waals surface area contributed by atoms with Crippen molar-refractivity contribution in [2.24, 2.45) is 0 Å². The van der Waals surface area contributed by atoms with Gasteiger partial charge in [0, 0.05) is 11.1 Å². The van der Waals surface area contributed by atoms with Crippen LogP contribution in [-0.2, 0) is 16.0 Å². The third-order valence-corrected chi connectivity index (χ3v) is 3.86. The summed E-state index contributed by atoms with van der Waals surface area (Å²) >= 11 is 0. The molecular weight excluding hydrogens is 341 g/mol. The second-order valence-electron chi connectivity index (χ2n) is 5.63. The summed E-state index contributed by atoms with van der Waals surface area (Å²) in [5.74, 6) is -2.93. The first kappa shape index (κ1) is 17.3. The van der Waals surface area contributed by atoms with Gasteiger partial charge in [-0.3, -0.25) is 34.9 Å². The number of fused-ring (bicyclic) bond motifs is 1. The molecule has 0 saturated carbocycles. The van der Waals surface area contributed by atoms with Crippen molar-refractivity contribution in [1.82, 2.24) is 15.8 Å². The molecular formula is C18H14FN3O4. The lowest BCUT2D eigenvalue weighted by Crippen LogP contribution is -2.51. The van der Waals surface area contributed by atoms with Gasteiger partial charge in [0.15, 0.2) is 0 Å². The van der Waals surface area contributed by atoms with Crippen molar-refractivity contribution in [2.45, 2.75) is 6.42 Å². The highest BCUT2D eigenvalue weighted by Crippen LogP contribution is 2.19. The number of carbonyl (C=O) groups excluding carboxylic acids is 4. The van der Waals surface area contributed by atoms with Gasteiger partial charge in [-0.25, -0.2) is 4.39 Å². The normalized spacial score (nSPS) is 13.2. The molecule has 2 N–H and O–H groups in total. The smallest absolute Gasteiger partial charge is 0.269 e. The third kappa shape index (κ3) is 3.59. The van der Waals surface area contributed by atoms with Crippen LogP contribution in [0.25, 0.3) is 0 Å². The number of carbonyl (C=O) groups is 4. The molecule has 0 aliphatic carbocycles. The molecule has 3 rings (SSSR count). The molecule has 2 aromatic carbocycles. The summed E-state index contributed by atoms with van der Waals surface area (Å²) < 4.78 is 12.8. The van der Waals surface area contributed by atoms with Crippen LogP contribution in [0.4, 0.5) is 4.39 Å². The van der Waals surface area contributed by atoms with Gasteiger partial charge in [0.2, 0.25) is 5.91 Å². The molecule has 0 unspecified atom stereocenters. The van der Waals surface area contributed by atoms with E-state index in [0.717, 1.165) is 17.0 Å². The van der Waals surface area contributed by atoms with E-state index in [1.807, 2.05) is 0 Å². The minimum absolute atomic E-state index is 0.0249. The number of hydrogen-bond donors (Lipinski definition) is 2. The number of benzene rings is 2. The molecule has 0 saturated heterocycles. The molecule has 0 spiro atoms. The number of nitrogens with zero attached hydrogens (tertiary/aromatic N) is 1. The minimum atomic E-state index is -0.735. The van der Waals surface area contributed by atoms with Gasteiger partial charge in [0.25, 0.3) is 17.7 Å². The predicted octanol–water partition coefficient (Wildman–Crippen LogP) is 0.812. The van der Waals surface area contributed by atoms with Crippen LogP contribution >= 0.6 is 0 Å². The van der Waals surface area contributed by atoms with E-state index in [1.54, 1.807) is 24.3 Å². The molecule has 8 heteroatoms. The van der Waals surface area contributed by atoms with Gasteiger partial charge in [-0.2, -0.15) is 0 Å². The highest BCUT2D eigenvalue weighted by atomic mass is 19.1. The Balaban J connectivity index is 1.60. The summed E-state index contributed by atoms with van der Waals surface area (Å²) in [6.07, 6.45) is 0.0249. The van der Waals surface area contributed by atoms with E-state index in [-0.39, 0.29) is 12.0 Å². The second-order valence-corrected chi connectivity index (χ2v) is 5.63. The van der Waals surface area contributed by atoms with Crippen molar-refractivity contribution in [3.8, 4) is 0 Å². The zero-order valence-electron chi connectivity index (χ0n) is 13.5. The third-order valence-electron chi connectivity index (χ3n) is 3.86. The van der Waals surface area contributed by atoms with E-state index in [2.05, 4.69) is 10.9 Å². The fourth-order valence-corrected chi connectivity index (χ4v) is 2.54. The van der Waals surface area contributed by atoms with Crippen molar-refractivity contribution >= 4 is 23.6 Å². The van der Waals surface area contributed by atoms with Crippen LogP contribution in [0.2, 0.25) is 0 Å². The summed E-state index contributed by atoms with van der Waals surface area (Å²) in [4.78, 5) is 49.1. The van der Waals surface area contributed by atoms with E-state index in [4.69, 9.17) is 0 Å². The highest BCUT2D eigenvalue weighted by Gasteiger charge is 2.31. The summed E-state index contributed by atoms with van der Waals surface area (Å²) in [7, 11) is 0. The summed E-state index contributed by atoms with van der Waals surface area (Å²) in [5.41, 5.74) is 5.41. The fourth-order valence-electron chi connectivity index (χ4n) is 2.54. The molecule has 4 amide bonds. The maximum absolute atomic E-state index is 12.8. The highest BCUT2D eigenvalue weighted by molar-refractivity contribution is 6.11. The molecule has 1 aliphatic rings. The van der Waals surface area contributed by atoms with Crippen molar-refractivity contribution in [2.75, 3.05) is 6.54 Å². The lowest BCUT2D eigenvalue weighted by Gasteiger charge is -2.26. The number of hydrogen-bond acceptors (Lipinski definition) is 4. The van der Waals surface area contributed by atoms with Gasteiger partial charge in [0.05, 0.1) is 6.42 Å². The average Bonchev–Trinajstić information content (AvgIpc) is 2.64. The van der Waals surface area contributed by atoms with Crippen LogP contribution in [0.5, 0.6) is 0 Å². The van der Waals surface area contributed by atoms with Crippen molar-refractivity contribution in [3.05, 3.63) is 71.0 Å². The maximum atomic E-state index is 12.8. The van der Waals surface area contributed by atoms with E-state index >= 15 is 0 Å². The molecule has 7 nitrogen and oxygen atoms in total. The quantitative estimate of drug-likeness (QED) is 0.629. The monoisotopic (exact) mass is 355 g/mol. The number of halogens is 1. The van der Waals surface area contributed by atoms with Gasteiger partial charge in [-0.1, -0.05) is 18.2 Å². The van der Waals surface area contributed by atoms with Crippen LogP contribution in [0.1, 0.15) is 26.3 Å². The Morgan fingerprint density at radius 2 is 1.69 bits per heavy atom. The van der Waals surface area contributed by atoms with Crippen LogP contribution in [-0.4, -0.2) is 35.1 Å². The summed E-state index contributed by atoms with van der Waals surface area (Å²) in [6, 6.07) is 11.4.